The van der Waals surface area contributed by atoms with E-state index >= 15 is 0 Å². The Morgan fingerprint density at radius 1 is 1.19 bits per heavy atom. The molecular weight excluding hydrogens is 284 g/mol. The standard InChI is InChI=1S/C17H26N2O.ClH/c1-3-10-18-11-12-19-16(20)17(2)9-8-14-6-4-5-7-15(14)13-17;/h4-7,18H,3,8-13H2,1-2H3,(H,19,20);1H. The van der Waals surface area contributed by atoms with E-state index < -0.39 is 0 Å². The van der Waals surface area contributed by atoms with Gasteiger partial charge >= 0.3 is 0 Å². The summed E-state index contributed by atoms with van der Waals surface area (Å²) in [6.07, 6.45) is 3.94. The number of amides is 1. The first-order valence-corrected chi connectivity index (χ1v) is 7.71. The van der Waals surface area contributed by atoms with E-state index in [1.165, 1.54) is 11.1 Å². The van der Waals surface area contributed by atoms with Crippen LogP contribution in [0.15, 0.2) is 24.3 Å². The van der Waals surface area contributed by atoms with Crippen LogP contribution in [0, 0.1) is 5.41 Å². The molecule has 0 saturated carbocycles. The van der Waals surface area contributed by atoms with Crippen LogP contribution in [-0.2, 0) is 17.6 Å². The Morgan fingerprint density at radius 2 is 1.90 bits per heavy atom. The Kier molecular flexibility index (Phi) is 7.20. The fourth-order valence-corrected chi connectivity index (χ4v) is 2.87. The van der Waals surface area contributed by atoms with Crippen molar-refractivity contribution in [1.82, 2.24) is 10.6 Å². The molecule has 1 unspecified atom stereocenters. The van der Waals surface area contributed by atoms with Gasteiger partial charge in [0.2, 0.25) is 5.91 Å². The molecule has 0 radical (unpaired) electrons. The number of fused-ring (bicyclic) bond motifs is 1. The van der Waals surface area contributed by atoms with Crippen LogP contribution >= 0.6 is 12.4 Å². The van der Waals surface area contributed by atoms with Gasteiger partial charge in [0.1, 0.15) is 0 Å². The molecule has 4 heteroatoms. The van der Waals surface area contributed by atoms with Gasteiger partial charge in [-0.2, -0.15) is 0 Å². The van der Waals surface area contributed by atoms with Crippen molar-refractivity contribution in [2.24, 2.45) is 5.41 Å². The molecule has 1 aromatic rings. The summed E-state index contributed by atoms with van der Waals surface area (Å²) in [5.74, 6) is 0.199. The van der Waals surface area contributed by atoms with Crippen LogP contribution in [0.5, 0.6) is 0 Å². The van der Waals surface area contributed by atoms with Crippen LogP contribution in [0.25, 0.3) is 0 Å². The smallest absolute Gasteiger partial charge is 0.226 e. The van der Waals surface area contributed by atoms with E-state index in [0.29, 0.717) is 0 Å². The largest absolute Gasteiger partial charge is 0.354 e. The molecule has 1 atom stereocenters. The van der Waals surface area contributed by atoms with E-state index in [4.69, 9.17) is 0 Å². The Morgan fingerprint density at radius 3 is 2.62 bits per heavy atom. The Balaban J connectivity index is 0.00000220. The molecule has 0 aliphatic heterocycles. The third kappa shape index (κ3) is 4.72. The molecule has 0 fully saturated rings. The van der Waals surface area contributed by atoms with Gasteiger partial charge in [-0.05, 0) is 43.4 Å². The quantitative estimate of drug-likeness (QED) is 0.793. The molecule has 3 nitrogen and oxygen atoms in total. The zero-order valence-corrected chi connectivity index (χ0v) is 13.9. The molecule has 0 aromatic heterocycles. The average Bonchev–Trinajstić information content (AvgIpc) is 2.46. The lowest BCUT2D eigenvalue weighted by Crippen LogP contribution is -2.44. The minimum atomic E-state index is -0.251. The predicted octanol–water partition coefficient (Wildman–Crippen LogP) is 2.72. The fraction of sp³-hybridized carbons (Fsp3) is 0.588. The van der Waals surface area contributed by atoms with Gasteiger partial charge in [-0.25, -0.2) is 0 Å². The second-order valence-electron chi connectivity index (χ2n) is 6.01. The SMILES string of the molecule is CCCNCCNC(=O)C1(C)CCc2ccccc2C1.Cl. The van der Waals surface area contributed by atoms with Crippen LogP contribution in [0.1, 0.15) is 37.8 Å². The Hall–Kier alpha value is -1.06. The third-order valence-electron chi connectivity index (χ3n) is 4.21. The van der Waals surface area contributed by atoms with Crippen LogP contribution in [0.4, 0.5) is 0 Å². The first-order chi connectivity index (χ1) is 9.65. The zero-order valence-electron chi connectivity index (χ0n) is 13.1. The second-order valence-corrected chi connectivity index (χ2v) is 6.01. The maximum absolute atomic E-state index is 12.4. The van der Waals surface area contributed by atoms with Crippen molar-refractivity contribution in [2.75, 3.05) is 19.6 Å². The van der Waals surface area contributed by atoms with Crippen molar-refractivity contribution in [2.45, 2.75) is 39.5 Å². The van der Waals surface area contributed by atoms with Gasteiger partial charge in [-0.3, -0.25) is 4.79 Å². The van der Waals surface area contributed by atoms with E-state index in [1.54, 1.807) is 0 Å². The van der Waals surface area contributed by atoms with Crippen LogP contribution in [-0.4, -0.2) is 25.5 Å². The van der Waals surface area contributed by atoms with Gasteiger partial charge in [0.05, 0.1) is 5.41 Å². The molecule has 118 valence electrons. The summed E-state index contributed by atoms with van der Waals surface area (Å²) >= 11 is 0. The molecule has 1 aliphatic carbocycles. The molecule has 2 N–H and O–H groups in total. The number of aryl methyl sites for hydroxylation is 1. The number of nitrogens with one attached hydrogen (secondary N) is 2. The number of halogens is 1. The van der Waals surface area contributed by atoms with Gasteiger partial charge in [0, 0.05) is 13.1 Å². The Bertz CT molecular complexity index is 464. The molecule has 0 spiro atoms. The molecule has 1 aromatic carbocycles. The highest BCUT2D eigenvalue weighted by atomic mass is 35.5. The van der Waals surface area contributed by atoms with E-state index in [9.17, 15) is 4.79 Å². The second kappa shape index (κ2) is 8.40. The number of benzene rings is 1. The molecule has 2 rings (SSSR count). The lowest BCUT2D eigenvalue weighted by Gasteiger charge is -2.33. The van der Waals surface area contributed by atoms with Gasteiger partial charge in [-0.15, -0.1) is 12.4 Å². The summed E-state index contributed by atoms with van der Waals surface area (Å²) < 4.78 is 0. The lowest BCUT2D eigenvalue weighted by molar-refractivity contribution is -0.130. The highest BCUT2D eigenvalue weighted by molar-refractivity contribution is 5.85. The summed E-state index contributed by atoms with van der Waals surface area (Å²) in [6.45, 7) is 6.83. The monoisotopic (exact) mass is 310 g/mol. The topological polar surface area (TPSA) is 41.1 Å². The van der Waals surface area contributed by atoms with Gasteiger partial charge in [0.25, 0.3) is 0 Å². The van der Waals surface area contributed by atoms with Crippen molar-refractivity contribution < 1.29 is 4.79 Å². The Labute approximate surface area is 134 Å². The zero-order chi connectivity index (χ0) is 14.4. The highest BCUT2D eigenvalue weighted by Crippen LogP contribution is 2.35. The molecule has 1 amide bonds. The summed E-state index contributed by atoms with van der Waals surface area (Å²) in [5.41, 5.74) is 2.49. The average molecular weight is 311 g/mol. The number of carbonyl (C=O) groups is 1. The molecule has 0 bridgehead atoms. The van der Waals surface area contributed by atoms with Gasteiger partial charge < -0.3 is 10.6 Å². The molecule has 21 heavy (non-hydrogen) atoms. The minimum Gasteiger partial charge on any atom is -0.354 e. The summed E-state index contributed by atoms with van der Waals surface area (Å²) in [4.78, 5) is 12.4. The van der Waals surface area contributed by atoms with E-state index in [-0.39, 0.29) is 23.7 Å². The normalized spacial score (nSPS) is 20.3. The van der Waals surface area contributed by atoms with Crippen LogP contribution in [0.2, 0.25) is 0 Å². The molecule has 0 heterocycles. The van der Waals surface area contributed by atoms with Gasteiger partial charge in [-0.1, -0.05) is 38.1 Å². The maximum Gasteiger partial charge on any atom is 0.226 e. The van der Waals surface area contributed by atoms with E-state index in [0.717, 1.165) is 45.3 Å². The number of carbonyl (C=O) groups excluding carboxylic acids is 1. The number of rotatable bonds is 6. The van der Waals surface area contributed by atoms with E-state index in [1.807, 2.05) is 0 Å². The molecule has 0 saturated heterocycles. The first kappa shape index (κ1) is 18.0. The maximum atomic E-state index is 12.4. The number of hydrogen-bond acceptors (Lipinski definition) is 2. The molecule has 1 aliphatic rings. The van der Waals surface area contributed by atoms with Crippen LogP contribution < -0.4 is 10.6 Å². The first-order valence-electron chi connectivity index (χ1n) is 7.71. The predicted molar refractivity (Wildman–Crippen MR) is 90.0 cm³/mol. The summed E-state index contributed by atoms with van der Waals surface area (Å²) in [5, 5.41) is 6.39. The van der Waals surface area contributed by atoms with Crippen LogP contribution in [0.3, 0.4) is 0 Å². The van der Waals surface area contributed by atoms with Crippen molar-refractivity contribution in [1.29, 1.82) is 0 Å². The number of hydrogen-bond donors (Lipinski definition) is 2. The van der Waals surface area contributed by atoms with Gasteiger partial charge in [0.15, 0.2) is 0 Å². The third-order valence-corrected chi connectivity index (χ3v) is 4.21. The highest BCUT2D eigenvalue weighted by Gasteiger charge is 2.36. The van der Waals surface area contributed by atoms with Crippen molar-refractivity contribution in [3.05, 3.63) is 35.4 Å². The minimum absolute atomic E-state index is 0. The van der Waals surface area contributed by atoms with Crippen molar-refractivity contribution in [3.63, 3.8) is 0 Å². The van der Waals surface area contributed by atoms with E-state index in [2.05, 4.69) is 48.7 Å². The summed E-state index contributed by atoms with van der Waals surface area (Å²) in [7, 11) is 0. The van der Waals surface area contributed by atoms with Crippen molar-refractivity contribution in [3.8, 4) is 0 Å². The summed E-state index contributed by atoms with van der Waals surface area (Å²) in [6, 6.07) is 8.49. The molecular formula is C17H27ClN2O. The lowest BCUT2D eigenvalue weighted by atomic mass is 9.72. The van der Waals surface area contributed by atoms with Crippen molar-refractivity contribution >= 4 is 18.3 Å². The fourth-order valence-electron chi connectivity index (χ4n) is 2.87.